The van der Waals surface area contributed by atoms with Gasteiger partial charge in [0.1, 0.15) is 0 Å². The molecule has 0 aliphatic heterocycles. The van der Waals surface area contributed by atoms with E-state index in [1.54, 1.807) is 0 Å². The fourth-order valence-corrected chi connectivity index (χ4v) is 0.878. The van der Waals surface area contributed by atoms with Gasteiger partial charge >= 0.3 is 4.82 Å². The first-order valence-corrected chi connectivity index (χ1v) is 4.32. The Morgan fingerprint density at radius 3 is 2.09 bits per heavy atom. The Hall–Kier alpha value is -0.0900. The van der Waals surface area contributed by atoms with Crippen molar-refractivity contribution < 1.29 is 9.63 Å². The van der Waals surface area contributed by atoms with Crippen LogP contribution in [0.25, 0.3) is 0 Å². The summed E-state index contributed by atoms with van der Waals surface area (Å²) in [6.07, 6.45) is 0. The lowest BCUT2D eigenvalue weighted by Gasteiger charge is -2.26. The van der Waals surface area contributed by atoms with Crippen molar-refractivity contribution in [3.63, 3.8) is 0 Å². The molecule has 0 aliphatic carbocycles. The normalized spacial score (nSPS) is 11.4. The van der Waals surface area contributed by atoms with E-state index in [4.69, 9.17) is 4.84 Å². The monoisotopic (exact) mass is 223 g/mol. The first kappa shape index (κ1) is 10.9. The van der Waals surface area contributed by atoms with E-state index >= 15 is 0 Å². The van der Waals surface area contributed by atoms with E-state index in [1.165, 1.54) is 5.06 Å². The highest BCUT2D eigenvalue weighted by molar-refractivity contribution is 9.18. The van der Waals surface area contributed by atoms with Gasteiger partial charge in [0.2, 0.25) is 0 Å². The third-order valence-electron chi connectivity index (χ3n) is 0.867. The summed E-state index contributed by atoms with van der Waals surface area (Å²) < 4.78 is 0. The molecule has 0 unspecified atom stereocenters. The second-order valence-corrected chi connectivity index (χ2v) is 3.83. The fraction of sp³-hybridized carbons (Fsp3) is 0.857. The Labute approximate surface area is 75.8 Å². The van der Waals surface area contributed by atoms with Crippen LogP contribution in [0, 0.1) is 0 Å². The molecule has 0 spiro atoms. The van der Waals surface area contributed by atoms with Gasteiger partial charge in [0.15, 0.2) is 0 Å². The molecule has 3 nitrogen and oxygen atoms in total. The van der Waals surface area contributed by atoms with E-state index in [-0.39, 0.29) is 10.4 Å². The van der Waals surface area contributed by atoms with Gasteiger partial charge in [-0.25, -0.2) is 5.06 Å². The largest absolute Gasteiger partial charge is 0.313 e. The molecule has 0 bridgehead atoms. The van der Waals surface area contributed by atoms with Crippen LogP contribution in [0.2, 0.25) is 0 Å². The van der Waals surface area contributed by atoms with Crippen LogP contribution >= 0.6 is 15.9 Å². The highest BCUT2D eigenvalue weighted by atomic mass is 79.9. The molecule has 0 rings (SSSR count). The van der Waals surface area contributed by atoms with Crippen molar-refractivity contribution in [2.45, 2.75) is 33.3 Å². The third kappa shape index (κ3) is 5.21. The van der Waals surface area contributed by atoms with Gasteiger partial charge in [-0.05, 0) is 27.7 Å². The number of nitrogens with zero attached hydrogens (tertiary/aromatic N) is 1. The van der Waals surface area contributed by atoms with E-state index in [0.717, 1.165) is 0 Å². The lowest BCUT2D eigenvalue weighted by molar-refractivity contribution is -0.185. The van der Waals surface area contributed by atoms with Crippen LogP contribution in [0.5, 0.6) is 0 Å². The van der Waals surface area contributed by atoms with Crippen LogP contribution in [0.1, 0.15) is 27.7 Å². The molecule has 0 atom stereocenters. The average Bonchev–Trinajstić information content (AvgIpc) is 1.80. The first-order chi connectivity index (χ1) is 4.87. The molecule has 0 aromatic heterocycles. The van der Waals surface area contributed by atoms with Gasteiger partial charge < -0.3 is 0 Å². The molecule has 0 radical (unpaired) electrons. The number of rotatable bonds is 2. The Balaban J connectivity index is 3.99. The van der Waals surface area contributed by atoms with Gasteiger partial charge in [0, 0.05) is 22.5 Å². The van der Waals surface area contributed by atoms with E-state index in [0.29, 0.717) is 6.54 Å². The summed E-state index contributed by atoms with van der Waals surface area (Å²) >= 11 is 2.82. The Morgan fingerprint density at radius 1 is 1.55 bits per heavy atom. The van der Waals surface area contributed by atoms with Crippen molar-refractivity contribution in [1.29, 1.82) is 0 Å². The maximum Gasteiger partial charge on any atom is 0.313 e. The summed E-state index contributed by atoms with van der Waals surface area (Å²) in [6, 6.07) is 0. The van der Waals surface area contributed by atoms with Crippen LogP contribution in [0.4, 0.5) is 4.79 Å². The van der Waals surface area contributed by atoms with Crippen LogP contribution in [0.15, 0.2) is 0 Å². The predicted octanol–water partition coefficient (Wildman–Crippen LogP) is 2.55. The quantitative estimate of drug-likeness (QED) is 0.409. The third-order valence-corrected chi connectivity index (χ3v) is 1.26. The van der Waals surface area contributed by atoms with E-state index in [2.05, 4.69) is 15.9 Å². The van der Waals surface area contributed by atoms with Crippen molar-refractivity contribution in [2.75, 3.05) is 6.54 Å². The van der Waals surface area contributed by atoms with Gasteiger partial charge in [-0.15, -0.1) is 0 Å². The van der Waals surface area contributed by atoms with Gasteiger partial charge in [-0.1, -0.05) is 0 Å². The van der Waals surface area contributed by atoms with Gasteiger partial charge in [0.25, 0.3) is 0 Å². The zero-order valence-electron chi connectivity index (χ0n) is 7.35. The Kier molecular flexibility index (Phi) is 4.03. The Bertz CT molecular complexity index is 142. The lowest BCUT2D eigenvalue weighted by atomic mass is 10.2. The zero-order valence-corrected chi connectivity index (χ0v) is 8.93. The highest BCUT2D eigenvalue weighted by Gasteiger charge is 2.18. The number of hydroxylamine groups is 2. The number of carbonyl (C=O) groups is 1. The summed E-state index contributed by atoms with van der Waals surface area (Å²) in [7, 11) is 0. The second kappa shape index (κ2) is 4.07. The maximum absolute atomic E-state index is 10.8. The van der Waals surface area contributed by atoms with Gasteiger partial charge in [-0.2, -0.15) is 0 Å². The predicted molar refractivity (Wildman–Crippen MR) is 47.5 cm³/mol. The van der Waals surface area contributed by atoms with Crippen LogP contribution in [-0.2, 0) is 4.84 Å². The number of hydrogen-bond acceptors (Lipinski definition) is 2. The number of hydrogen-bond donors (Lipinski definition) is 0. The van der Waals surface area contributed by atoms with Gasteiger partial charge in [-0.3, -0.25) is 9.63 Å². The summed E-state index contributed by atoms with van der Waals surface area (Å²) in [5.74, 6) is 0. The smallest absolute Gasteiger partial charge is 0.265 e. The molecule has 0 aromatic rings. The van der Waals surface area contributed by atoms with Crippen molar-refractivity contribution in [2.24, 2.45) is 0 Å². The summed E-state index contributed by atoms with van der Waals surface area (Å²) in [5, 5.41) is 1.28. The molecule has 0 saturated heterocycles. The molecule has 0 fully saturated rings. The number of amides is 1. The minimum Gasteiger partial charge on any atom is -0.265 e. The molecule has 0 heterocycles. The maximum atomic E-state index is 10.8. The van der Waals surface area contributed by atoms with E-state index in [1.807, 2.05) is 27.7 Å². The molecule has 0 N–H and O–H groups in total. The summed E-state index contributed by atoms with van der Waals surface area (Å²) in [4.78, 5) is 15.8. The van der Waals surface area contributed by atoms with Crippen molar-refractivity contribution in [3.05, 3.63) is 0 Å². The SMILES string of the molecule is CCN(OC(C)(C)C)C(=O)Br. The molecule has 0 aromatic carbocycles. The second-order valence-electron chi connectivity index (χ2n) is 3.15. The molecule has 0 saturated carbocycles. The summed E-state index contributed by atoms with van der Waals surface area (Å²) in [6.45, 7) is 8.08. The molecule has 4 heteroatoms. The number of halogens is 1. The first-order valence-electron chi connectivity index (χ1n) is 3.53. The van der Waals surface area contributed by atoms with Crippen LogP contribution in [0.3, 0.4) is 0 Å². The standard InChI is InChI=1S/C7H14BrNO2/c1-5-9(6(8)10)11-7(2,3)4/h5H2,1-4H3. The molecule has 1 amide bonds. The van der Waals surface area contributed by atoms with Crippen molar-refractivity contribution in [1.82, 2.24) is 5.06 Å². The van der Waals surface area contributed by atoms with Crippen molar-refractivity contribution in [3.8, 4) is 0 Å². The van der Waals surface area contributed by atoms with Crippen LogP contribution < -0.4 is 0 Å². The lowest BCUT2D eigenvalue weighted by Crippen LogP contribution is -2.35. The van der Waals surface area contributed by atoms with E-state index < -0.39 is 0 Å². The average molecular weight is 224 g/mol. The molecule has 0 aliphatic rings. The zero-order chi connectivity index (χ0) is 9.07. The topological polar surface area (TPSA) is 29.5 Å². The van der Waals surface area contributed by atoms with Crippen LogP contribution in [-0.4, -0.2) is 22.0 Å². The fourth-order valence-electron chi connectivity index (χ4n) is 0.555. The van der Waals surface area contributed by atoms with Crippen molar-refractivity contribution >= 4 is 20.7 Å². The van der Waals surface area contributed by atoms with Gasteiger partial charge in [0.05, 0.1) is 5.60 Å². The molecule has 66 valence electrons. The number of carbonyl (C=O) groups excluding carboxylic acids is 1. The van der Waals surface area contributed by atoms with E-state index in [9.17, 15) is 4.79 Å². The minimum absolute atomic E-state index is 0.241. The molecule has 11 heavy (non-hydrogen) atoms. The Morgan fingerprint density at radius 2 is 2.00 bits per heavy atom. The molecular weight excluding hydrogens is 210 g/mol. The minimum atomic E-state index is -0.320. The highest BCUT2D eigenvalue weighted by Crippen LogP contribution is 2.12. The molecular formula is C7H14BrNO2. The summed E-state index contributed by atoms with van der Waals surface area (Å²) in [5.41, 5.74) is -0.320.